The summed E-state index contributed by atoms with van der Waals surface area (Å²) in [6.07, 6.45) is 5.48. The van der Waals surface area contributed by atoms with Crippen LogP contribution in [0.4, 0.5) is 0 Å². The first kappa shape index (κ1) is 29.9. The molecule has 1 saturated carbocycles. The Hall–Kier alpha value is -3.57. The molecule has 222 valence electrons. The molecule has 1 aliphatic carbocycles. The number of hydrogen-bond acceptors (Lipinski definition) is 8. The van der Waals surface area contributed by atoms with Gasteiger partial charge in [0.2, 0.25) is 11.8 Å². The van der Waals surface area contributed by atoms with E-state index >= 15 is 0 Å². The van der Waals surface area contributed by atoms with Gasteiger partial charge in [-0.15, -0.1) is 22.6 Å². The number of halogens is 1. The number of nitrogens with zero attached hydrogens (tertiary/aromatic N) is 5. The molecule has 4 aromatic rings. The number of methoxy groups -OCH3 is 1. The molecule has 2 fully saturated rings. The number of ether oxygens (including phenoxy) is 1. The van der Waals surface area contributed by atoms with Crippen molar-refractivity contribution < 1.29 is 19.1 Å². The summed E-state index contributed by atoms with van der Waals surface area (Å²) in [5, 5.41) is 23.5. The fourth-order valence-corrected chi connectivity index (χ4v) is 6.24. The van der Waals surface area contributed by atoms with Crippen LogP contribution < -0.4 is 5.32 Å². The second kappa shape index (κ2) is 13.2. The van der Waals surface area contributed by atoms with Gasteiger partial charge >= 0.3 is 0 Å². The normalized spacial score (nSPS) is 22.5. The molecule has 2 aromatic carbocycles. The van der Waals surface area contributed by atoms with Crippen molar-refractivity contribution in [1.82, 2.24) is 30.0 Å². The van der Waals surface area contributed by atoms with E-state index in [9.17, 15) is 9.90 Å². The van der Waals surface area contributed by atoms with E-state index in [2.05, 4.69) is 15.5 Å². The number of piperazine rings is 1. The van der Waals surface area contributed by atoms with Crippen LogP contribution >= 0.6 is 12.4 Å². The van der Waals surface area contributed by atoms with Crippen molar-refractivity contribution in [3.8, 4) is 22.7 Å². The lowest BCUT2D eigenvalue weighted by atomic mass is 9.80. The fraction of sp³-hybridized carbons (Fsp3) is 0.419. The summed E-state index contributed by atoms with van der Waals surface area (Å²) in [6, 6.07) is 19.0. The lowest BCUT2D eigenvalue weighted by molar-refractivity contribution is -0.0893. The molecule has 10 nitrogen and oxygen atoms in total. The van der Waals surface area contributed by atoms with Gasteiger partial charge in [-0.05, 0) is 25.0 Å². The number of carbonyl (C=O) groups excluding carboxylic acids is 1. The van der Waals surface area contributed by atoms with E-state index in [0.29, 0.717) is 50.0 Å². The van der Waals surface area contributed by atoms with Crippen molar-refractivity contribution in [2.45, 2.75) is 49.8 Å². The monoisotopic (exact) mass is 592 g/mol. The number of imidazole rings is 1. The highest BCUT2D eigenvalue weighted by atomic mass is 35.5. The molecule has 3 heterocycles. The van der Waals surface area contributed by atoms with E-state index in [1.165, 1.54) is 0 Å². The van der Waals surface area contributed by atoms with Crippen LogP contribution in [0.5, 0.6) is 0 Å². The van der Waals surface area contributed by atoms with Crippen molar-refractivity contribution in [1.29, 1.82) is 0 Å². The van der Waals surface area contributed by atoms with Crippen LogP contribution in [0, 0.1) is 0 Å². The first-order chi connectivity index (χ1) is 20.1. The predicted molar refractivity (Wildman–Crippen MR) is 160 cm³/mol. The van der Waals surface area contributed by atoms with E-state index < -0.39 is 5.60 Å². The van der Waals surface area contributed by atoms with E-state index in [1.54, 1.807) is 13.4 Å². The minimum Gasteiger partial charge on any atom is -0.421 e. The summed E-state index contributed by atoms with van der Waals surface area (Å²) >= 11 is 0. The molecule has 2 aromatic heterocycles. The van der Waals surface area contributed by atoms with E-state index in [4.69, 9.17) is 14.1 Å². The number of aromatic nitrogens is 4. The van der Waals surface area contributed by atoms with Gasteiger partial charge < -0.3 is 29.0 Å². The third-order valence-electron chi connectivity index (χ3n) is 8.24. The zero-order valence-electron chi connectivity index (χ0n) is 23.7. The number of carbonyl (C=O) groups is 1. The van der Waals surface area contributed by atoms with Crippen molar-refractivity contribution in [3.63, 3.8) is 0 Å². The topological polar surface area (TPSA) is 119 Å². The largest absolute Gasteiger partial charge is 0.421 e. The van der Waals surface area contributed by atoms with Crippen LogP contribution in [-0.2, 0) is 11.2 Å². The predicted octanol–water partition coefficient (Wildman–Crippen LogP) is 4.17. The van der Waals surface area contributed by atoms with Gasteiger partial charge in [0.05, 0.1) is 30.7 Å². The lowest BCUT2D eigenvalue weighted by Crippen LogP contribution is -2.54. The molecule has 2 aliphatic rings. The molecule has 0 bridgehead atoms. The highest BCUT2D eigenvalue weighted by molar-refractivity contribution is 5.98. The Morgan fingerprint density at radius 2 is 1.83 bits per heavy atom. The highest BCUT2D eigenvalue weighted by Crippen LogP contribution is 2.41. The van der Waals surface area contributed by atoms with Crippen LogP contribution in [-0.4, -0.2) is 80.7 Å². The Morgan fingerprint density at radius 3 is 2.57 bits per heavy atom. The molecular weight excluding hydrogens is 556 g/mol. The third-order valence-corrected chi connectivity index (χ3v) is 8.24. The Labute approximate surface area is 251 Å². The zero-order chi connectivity index (χ0) is 28.2. The maximum absolute atomic E-state index is 14.3. The van der Waals surface area contributed by atoms with Gasteiger partial charge in [0.1, 0.15) is 5.60 Å². The molecule has 0 unspecified atom stereocenters. The van der Waals surface area contributed by atoms with Gasteiger partial charge in [-0.1, -0.05) is 61.4 Å². The van der Waals surface area contributed by atoms with Gasteiger partial charge in [0, 0.05) is 44.3 Å². The van der Waals surface area contributed by atoms with Gasteiger partial charge in [0.15, 0.2) is 5.69 Å². The van der Waals surface area contributed by atoms with Gasteiger partial charge in [0.25, 0.3) is 5.91 Å². The molecule has 2 N–H and O–H groups in total. The molecule has 42 heavy (non-hydrogen) atoms. The van der Waals surface area contributed by atoms with Crippen LogP contribution in [0.2, 0.25) is 0 Å². The lowest BCUT2D eigenvalue weighted by Gasteiger charge is -2.41. The van der Waals surface area contributed by atoms with E-state index in [-0.39, 0.29) is 37.0 Å². The van der Waals surface area contributed by atoms with Gasteiger partial charge in [-0.25, -0.2) is 4.98 Å². The molecule has 0 spiro atoms. The molecule has 1 saturated heterocycles. The van der Waals surface area contributed by atoms with Gasteiger partial charge in [-0.3, -0.25) is 4.79 Å². The maximum atomic E-state index is 14.3. The summed E-state index contributed by atoms with van der Waals surface area (Å²) in [6.45, 7) is 2.04. The summed E-state index contributed by atoms with van der Waals surface area (Å²) in [5.41, 5.74) is 1.80. The number of hydrogen-bond donors (Lipinski definition) is 2. The van der Waals surface area contributed by atoms with E-state index in [0.717, 1.165) is 36.1 Å². The van der Waals surface area contributed by atoms with Crippen LogP contribution in [0.1, 0.15) is 48.1 Å². The van der Waals surface area contributed by atoms with Crippen LogP contribution in [0.3, 0.4) is 0 Å². The molecule has 0 radical (unpaired) electrons. The molecule has 3 atom stereocenters. The molecule has 1 aliphatic heterocycles. The SMILES string of the molecule is COC[C@]1(O)CCCC[C@H]1n1cnc(C(=O)N2CCNC[C@H]2Cc2nnc(-c3ccccc3)o2)c1-c1ccccc1.Cl. The first-order valence-corrected chi connectivity index (χ1v) is 14.3. The Kier molecular flexibility index (Phi) is 9.37. The number of aliphatic hydroxyl groups is 1. The molecular formula is C31H37ClN6O4. The zero-order valence-corrected chi connectivity index (χ0v) is 24.5. The number of nitrogens with one attached hydrogen (secondary N) is 1. The van der Waals surface area contributed by atoms with E-state index in [1.807, 2.05) is 70.1 Å². The van der Waals surface area contributed by atoms with Crippen molar-refractivity contribution in [3.05, 3.63) is 78.6 Å². The number of benzene rings is 2. The summed E-state index contributed by atoms with van der Waals surface area (Å²) in [4.78, 5) is 20.8. The van der Waals surface area contributed by atoms with Crippen molar-refractivity contribution in [2.24, 2.45) is 0 Å². The first-order valence-electron chi connectivity index (χ1n) is 14.3. The highest BCUT2D eigenvalue weighted by Gasteiger charge is 2.42. The van der Waals surface area contributed by atoms with Crippen molar-refractivity contribution >= 4 is 18.3 Å². The third kappa shape index (κ3) is 5.98. The second-order valence-corrected chi connectivity index (χ2v) is 10.9. The summed E-state index contributed by atoms with van der Waals surface area (Å²) in [7, 11) is 1.61. The van der Waals surface area contributed by atoms with Gasteiger partial charge in [-0.2, -0.15) is 0 Å². The number of amides is 1. The fourth-order valence-electron chi connectivity index (χ4n) is 6.24. The van der Waals surface area contributed by atoms with Crippen molar-refractivity contribution in [2.75, 3.05) is 33.4 Å². The second-order valence-electron chi connectivity index (χ2n) is 10.9. The standard InChI is InChI=1S/C31H36N6O4.ClH/c1-40-20-31(39)15-9-8-14-25(31)37-21-33-27(28(37)22-10-4-2-5-11-22)30(38)36-17-16-32-19-24(36)18-26-34-35-29(41-26)23-12-6-3-7-13-23;/h2-7,10-13,21,24-25,32,39H,8-9,14-20H2,1H3;1H/t24-,25-,31-;/m1./s1. The minimum absolute atomic E-state index is 0. The Balaban J connectivity index is 0.00000353. The maximum Gasteiger partial charge on any atom is 0.275 e. The van der Waals surface area contributed by atoms with Crippen LogP contribution in [0.15, 0.2) is 71.4 Å². The molecule has 11 heteroatoms. The summed E-state index contributed by atoms with van der Waals surface area (Å²) in [5.74, 6) is 0.794. The smallest absolute Gasteiger partial charge is 0.275 e. The molecule has 6 rings (SSSR count). The summed E-state index contributed by atoms with van der Waals surface area (Å²) < 4.78 is 13.4. The molecule has 1 amide bonds. The van der Waals surface area contributed by atoms with Crippen LogP contribution in [0.25, 0.3) is 22.7 Å². The quantitative estimate of drug-likeness (QED) is 0.313. The Bertz CT molecular complexity index is 1460. The number of rotatable bonds is 8. The average molecular weight is 593 g/mol. The minimum atomic E-state index is -1.04. The average Bonchev–Trinajstić information content (AvgIpc) is 3.66. The Morgan fingerprint density at radius 1 is 1.10 bits per heavy atom.